The Morgan fingerprint density at radius 3 is 3.18 bits per heavy atom. The zero-order valence-corrected chi connectivity index (χ0v) is 11.5. The van der Waals surface area contributed by atoms with E-state index in [2.05, 4.69) is 23.3 Å². The van der Waals surface area contributed by atoms with E-state index in [1.165, 1.54) is 18.4 Å². The highest BCUT2D eigenvalue weighted by Gasteiger charge is 2.17. The smallest absolute Gasteiger partial charge is 0.157 e. The third-order valence-corrected chi connectivity index (χ3v) is 4.11. The van der Waals surface area contributed by atoms with Crippen LogP contribution in [0, 0.1) is 0 Å². The summed E-state index contributed by atoms with van der Waals surface area (Å²) in [6, 6.07) is 7.92. The standard InChI is InChI=1S/C13H17ClN2S/c1-2-4-12-9-16-13(17-12)15-8-10-5-3-6-11(14)7-10/h3,5-7,12H,2,4,8-9H2,1H3,(H,15,16). The number of amidine groups is 1. The maximum atomic E-state index is 5.94. The summed E-state index contributed by atoms with van der Waals surface area (Å²) in [7, 11) is 0. The maximum Gasteiger partial charge on any atom is 0.157 e. The second-order valence-electron chi connectivity index (χ2n) is 4.16. The first kappa shape index (κ1) is 12.8. The molecule has 1 aromatic carbocycles. The van der Waals surface area contributed by atoms with Crippen molar-refractivity contribution in [2.75, 3.05) is 6.54 Å². The van der Waals surface area contributed by atoms with E-state index in [4.69, 9.17) is 11.6 Å². The Kier molecular flexibility index (Phi) is 4.75. The van der Waals surface area contributed by atoms with Gasteiger partial charge in [0.15, 0.2) is 5.17 Å². The van der Waals surface area contributed by atoms with E-state index in [-0.39, 0.29) is 0 Å². The summed E-state index contributed by atoms with van der Waals surface area (Å²) in [5.74, 6) is 0. The van der Waals surface area contributed by atoms with Crippen LogP contribution in [0.5, 0.6) is 0 Å². The minimum absolute atomic E-state index is 0.668. The van der Waals surface area contributed by atoms with E-state index < -0.39 is 0 Å². The molecule has 92 valence electrons. The summed E-state index contributed by atoms with van der Waals surface area (Å²) in [4.78, 5) is 4.51. The van der Waals surface area contributed by atoms with E-state index in [1.807, 2.05) is 30.0 Å². The molecule has 0 saturated heterocycles. The zero-order chi connectivity index (χ0) is 12.1. The Hall–Kier alpha value is -0.670. The molecule has 0 saturated carbocycles. The first-order chi connectivity index (χ1) is 8.28. The Balaban J connectivity index is 1.80. The summed E-state index contributed by atoms with van der Waals surface area (Å²) in [6.07, 6.45) is 2.48. The summed E-state index contributed by atoms with van der Waals surface area (Å²) >= 11 is 7.81. The molecule has 0 radical (unpaired) electrons. The lowest BCUT2D eigenvalue weighted by atomic mass is 10.2. The van der Waals surface area contributed by atoms with Gasteiger partial charge in [0.2, 0.25) is 0 Å². The quantitative estimate of drug-likeness (QED) is 0.900. The van der Waals surface area contributed by atoms with Gasteiger partial charge in [-0.1, -0.05) is 48.8 Å². The van der Waals surface area contributed by atoms with E-state index in [0.29, 0.717) is 5.25 Å². The summed E-state index contributed by atoms with van der Waals surface area (Å²) in [6.45, 7) is 3.97. The number of hydrogen-bond donors (Lipinski definition) is 1. The summed E-state index contributed by atoms with van der Waals surface area (Å²) in [5.41, 5.74) is 1.19. The molecule has 1 heterocycles. The Morgan fingerprint density at radius 2 is 2.41 bits per heavy atom. The number of hydrogen-bond acceptors (Lipinski definition) is 3. The normalized spacial score (nSPS) is 19.2. The van der Waals surface area contributed by atoms with Gasteiger partial charge in [-0.05, 0) is 24.1 Å². The van der Waals surface area contributed by atoms with Crippen LogP contribution in [0.15, 0.2) is 29.3 Å². The lowest BCUT2D eigenvalue weighted by molar-refractivity contribution is 0.753. The van der Waals surface area contributed by atoms with Gasteiger partial charge >= 0.3 is 0 Å². The predicted octanol–water partition coefficient (Wildman–Crippen LogP) is 3.70. The van der Waals surface area contributed by atoms with Gasteiger partial charge in [-0.15, -0.1) is 0 Å². The molecule has 1 aliphatic rings. The van der Waals surface area contributed by atoms with Crippen molar-refractivity contribution in [3.63, 3.8) is 0 Å². The van der Waals surface area contributed by atoms with Crippen molar-refractivity contribution in [3.05, 3.63) is 34.9 Å². The van der Waals surface area contributed by atoms with Gasteiger partial charge in [-0.2, -0.15) is 0 Å². The van der Waals surface area contributed by atoms with Crippen molar-refractivity contribution in [1.82, 2.24) is 5.32 Å². The molecular formula is C13H17ClN2S. The minimum atomic E-state index is 0.668. The van der Waals surface area contributed by atoms with Crippen molar-refractivity contribution in [2.24, 2.45) is 4.99 Å². The molecule has 0 aromatic heterocycles. The first-order valence-corrected chi connectivity index (χ1v) is 7.23. The van der Waals surface area contributed by atoms with Crippen molar-refractivity contribution in [1.29, 1.82) is 0 Å². The average molecular weight is 269 g/mol. The second-order valence-corrected chi connectivity index (χ2v) is 5.88. The van der Waals surface area contributed by atoms with Crippen molar-refractivity contribution in [2.45, 2.75) is 31.6 Å². The van der Waals surface area contributed by atoms with Crippen LogP contribution < -0.4 is 5.32 Å². The van der Waals surface area contributed by atoms with Crippen LogP contribution >= 0.6 is 23.4 Å². The third-order valence-electron chi connectivity index (χ3n) is 2.66. The molecule has 4 heteroatoms. The highest BCUT2D eigenvalue weighted by molar-refractivity contribution is 8.14. The molecule has 0 aliphatic carbocycles. The van der Waals surface area contributed by atoms with Crippen molar-refractivity contribution >= 4 is 28.5 Å². The van der Waals surface area contributed by atoms with Gasteiger partial charge in [-0.3, -0.25) is 4.99 Å². The number of nitrogens with zero attached hydrogens (tertiary/aromatic N) is 1. The van der Waals surface area contributed by atoms with Crippen LogP contribution in [0.2, 0.25) is 5.02 Å². The molecule has 0 spiro atoms. The molecule has 1 atom stereocenters. The molecule has 0 bridgehead atoms. The molecule has 0 amide bonds. The Labute approximate surface area is 112 Å². The fourth-order valence-electron chi connectivity index (χ4n) is 1.81. The molecule has 1 unspecified atom stereocenters. The highest BCUT2D eigenvalue weighted by Crippen LogP contribution is 2.23. The largest absolute Gasteiger partial charge is 0.361 e. The van der Waals surface area contributed by atoms with Crippen LogP contribution in [-0.4, -0.2) is 17.0 Å². The molecule has 1 aliphatic heterocycles. The third kappa shape index (κ3) is 3.93. The molecule has 2 nitrogen and oxygen atoms in total. The van der Waals surface area contributed by atoms with Crippen LogP contribution in [-0.2, 0) is 6.54 Å². The lowest BCUT2D eigenvalue weighted by Crippen LogP contribution is -2.18. The van der Waals surface area contributed by atoms with E-state index in [0.717, 1.165) is 23.3 Å². The van der Waals surface area contributed by atoms with Gasteiger partial charge in [0.25, 0.3) is 0 Å². The van der Waals surface area contributed by atoms with Crippen LogP contribution in [0.25, 0.3) is 0 Å². The fourth-order valence-corrected chi connectivity index (χ4v) is 3.15. The second kappa shape index (κ2) is 6.31. The summed E-state index contributed by atoms with van der Waals surface area (Å²) in [5, 5.41) is 5.90. The monoisotopic (exact) mass is 268 g/mol. The highest BCUT2D eigenvalue weighted by atomic mass is 35.5. The number of benzene rings is 1. The van der Waals surface area contributed by atoms with Gasteiger partial charge in [0, 0.05) is 16.8 Å². The minimum Gasteiger partial charge on any atom is -0.361 e. The molecule has 1 N–H and O–H groups in total. The van der Waals surface area contributed by atoms with Crippen LogP contribution in [0.1, 0.15) is 25.3 Å². The van der Waals surface area contributed by atoms with Gasteiger partial charge < -0.3 is 5.32 Å². The molecular weight excluding hydrogens is 252 g/mol. The molecule has 17 heavy (non-hydrogen) atoms. The zero-order valence-electron chi connectivity index (χ0n) is 9.95. The average Bonchev–Trinajstić information content (AvgIpc) is 2.75. The number of aliphatic imine (C=N–C) groups is 1. The summed E-state index contributed by atoms with van der Waals surface area (Å²) < 4.78 is 0. The number of halogens is 1. The van der Waals surface area contributed by atoms with E-state index in [9.17, 15) is 0 Å². The maximum absolute atomic E-state index is 5.94. The van der Waals surface area contributed by atoms with Crippen LogP contribution in [0.4, 0.5) is 0 Å². The van der Waals surface area contributed by atoms with Crippen LogP contribution in [0.3, 0.4) is 0 Å². The lowest BCUT2D eigenvalue weighted by Gasteiger charge is -2.08. The Morgan fingerprint density at radius 1 is 1.53 bits per heavy atom. The first-order valence-electron chi connectivity index (χ1n) is 5.97. The van der Waals surface area contributed by atoms with Gasteiger partial charge in [0.1, 0.15) is 0 Å². The van der Waals surface area contributed by atoms with E-state index >= 15 is 0 Å². The van der Waals surface area contributed by atoms with Crippen molar-refractivity contribution < 1.29 is 0 Å². The topological polar surface area (TPSA) is 24.4 Å². The van der Waals surface area contributed by atoms with Gasteiger partial charge in [-0.25, -0.2) is 0 Å². The number of thioether (sulfide) groups is 1. The van der Waals surface area contributed by atoms with E-state index in [1.54, 1.807) is 0 Å². The van der Waals surface area contributed by atoms with Gasteiger partial charge in [0.05, 0.1) is 6.54 Å². The predicted molar refractivity (Wildman–Crippen MR) is 76.9 cm³/mol. The molecule has 2 rings (SSSR count). The Bertz CT molecular complexity index is 406. The number of rotatable bonds is 4. The fraction of sp³-hybridized carbons (Fsp3) is 0.462. The SMILES string of the molecule is CCCC1CN=C(NCc2cccc(Cl)c2)S1. The molecule has 1 aromatic rings. The van der Waals surface area contributed by atoms with Crippen molar-refractivity contribution in [3.8, 4) is 0 Å². The molecule has 0 fully saturated rings. The number of nitrogens with one attached hydrogen (secondary N) is 1.